The summed E-state index contributed by atoms with van der Waals surface area (Å²) in [5, 5.41) is 10.3. The zero-order valence-corrected chi connectivity index (χ0v) is 22.3. The molecule has 184 valence electrons. The molecule has 0 radical (unpaired) electrons. The minimum Gasteiger partial charge on any atom is -0.496 e. The summed E-state index contributed by atoms with van der Waals surface area (Å²) in [4.78, 5) is 6.99. The van der Waals surface area contributed by atoms with Gasteiger partial charge >= 0.3 is 0 Å². The predicted molar refractivity (Wildman–Crippen MR) is 140 cm³/mol. The van der Waals surface area contributed by atoms with E-state index in [0.29, 0.717) is 22.3 Å². The van der Waals surface area contributed by atoms with E-state index in [1.807, 2.05) is 32.0 Å². The number of morpholine rings is 1. The van der Waals surface area contributed by atoms with Crippen molar-refractivity contribution in [2.24, 2.45) is 0 Å². The first-order valence-corrected chi connectivity index (χ1v) is 12.6. The molecule has 2 aliphatic heterocycles. The van der Waals surface area contributed by atoms with Gasteiger partial charge in [0.15, 0.2) is 0 Å². The fraction of sp³-hybridized carbons (Fsp3) is 0.542. The molecule has 9 heteroatoms. The average Bonchev–Trinajstić information content (AvgIpc) is 3.29. The van der Waals surface area contributed by atoms with Crippen molar-refractivity contribution in [2.75, 3.05) is 47.6 Å². The van der Waals surface area contributed by atoms with E-state index in [4.69, 9.17) is 30.8 Å². The van der Waals surface area contributed by atoms with Gasteiger partial charge in [-0.15, -0.1) is 0 Å². The number of nitrogens with zero attached hydrogens (tertiary/aromatic N) is 2. The van der Waals surface area contributed by atoms with Crippen LogP contribution in [-0.2, 0) is 4.74 Å². The largest absolute Gasteiger partial charge is 0.496 e. The molecular formula is C24H37ClN4O3S. The monoisotopic (exact) mass is 496 g/mol. The second-order valence-electron chi connectivity index (χ2n) is 7.62. The topological polar surface area (TPSA) is 67.9 Å². The Morgan fingerprint density at radius 1 is 1.18 bits per heavy atom. The van der Waals surface area contributed by atoms with Gasteiger partial charge in [-0.2, -0.15) is 0 Å². The second kappa shape index (κ2) is 13.9. The molecule has 0 spiro atoms. The minimum absolute atomic E-state index is 0.129. The predicted octanol–water partition coefficient (Wildman–Crippen LogP) is 4.80. The Hall–Kier alpha value is -1.71. The molecule has 1 aromatic carbocycles. The van der Waals surface area contributed by atoms with E-state index in [-0.39, 0.29) is 5.50 Å². The molecular weight excluding hydrogens is 460 g/mol. The maximum absolute atomic E-state index is 6.45. The van der Waals surface area contributed by atoms with Gasteiger partial charge in [-0.05, 0) is 38.4 Å². The lowest BCUT2D eigenvalue weighted by Gasteiger charge is -2.21. The number of methoxy groups -OCH3 is 2. The van der Waals surface area contributed by atoms with Gasteiger partial charge in [0, 0.05) is 30.6 Å². The third-order valence-electron chi connectivity index (χ3n) is 4.89. The molecule has 7 nitrogen and oxygen atoms in total. The molecule has 0 saturated carbocycles. The SMILES string of the molecule is CC.CN1CCOCC1.COc1ccc2c(OC)cc(C3=CSC(NC(C)C)N3)nc2c1Cl. The van der Waals surface area contributed by atoms with Crippen molar-refractivity contribution in [2.45, 2.75) is 39.2 Å². The standard InChI is InChI=1S/C17H20ClN3O2S.C5H11NO.C2H6/c1-9(2)19-17-21-12(8-24-17)11-7-14(23-4)10-5-6-13(22-3)15(18)16(10)20-11;1-6-2-4-7-5-3-6;1-2/h5-9,17,19,21H,1-4H3;2-5H2,1H3;1-2H3. The van der Waals surface area contributed by atoms with Gasteiger partial charge in [-0.1, -0.05) is 37.2 Å². The highest BCUT2D eigenvalue weighted by Crippen LogP contribution is 2.37. The first-order chi connectivity index (χ1) is 15.9. The molecule has 1 atom stereocenters. The summed E-state index contributed by atoms with van der Waals surface area (Å²) in [6, 6.07) is 6.03. The zero-order valence-electron chi connectivity index (χ0n) is 20.7. The maximum Gasteiger partial charge on any atom is 0.139 e. The highest BCUT2D eigenvalue weighted by Gasteiger charge is 2.21. The Morgan fingerprint density at radius 3 is 2.39 bits per heavy atom. The van der Waals surface area contributed by atoms with Crippen LogP contribution in [0, 0.1) is 0 Å². The summed E-state index contributed by atoms with van der Waals surface area (Å²) >= 11 is 8.13. The molecule has 1 fully saturated rings. The van der Waals surface area contributed by atoms with Crippen LogP contribution in [-0.4, -0.2) is 69.0 Å². The van der Waals surface area contributed by atoms with E-state index in [1.54, 1.807) is 26.0 Å². The zero-order chi connectivity index (χ0) is 24.4. The molecule has 1 unspecified atom stereocenters. The fourth-order valence-electron chi connectivity index (χ4n) is 3.19. The van der Waals surface area contributed by atoms with Crippen molar-refractivity contribution in [3.8, 4) is 11.5 Å². The third kappa shape index (κ3) is 7.65. The lowest BCUT2D eigenvalue weighted by molar-refractivity contribution is 0.0503. The van der Waals surface area contributed by atoms with Crippen LogP contribution in [0.1, 0.15) is 33.4 Å². The molecule has 0 aliphatic carbocycles. The van der Waals surface area contributed by atoms with E-state index < -0.39 is 0 Å². The highest BCUT2D eigenvalue weighted by molar-refractivity contribution is 8.03. The highest BCUT2D eigenvalue weighted by atomic mass is 35.5. The molecule has 1 aromatic heterocycles. The lowest BCUT2D eigenvalue weighted by Crippen LogP contribution is -2.39. The smallest absolute Gasteiger partial charge is 0.139 e. The van der Waals surface area contributed by atoms with Gasteiger partial charge in [0.05, 0.1) is 44.3 Å². The van der Waals surface area contributed by atoms with Crippen molar-refractivity contribution < 1.29 is 14.2 Å². The van der Waals surface area contributed by atoms with E-state index in [1.165, 1.54) is 0 Å². The van der Waals surface area contributed by atoms with Crippen molar-refractivity contribution in [3.63, 3.8) is 0 Å². The number of aromatic nitrogens is 1. The number of benzene rings is 1. The van der Waals surface area contributed by atoms with Crippen molar-refractivity contribution in [3.05, 3.63) is 34.3 Å². The molecule has 1 saturated heterocycles. The number of rotatable bonds is 5. The third-order valence-corrected chi connectivity index (χ3v) is 6.15. The van der Waals surface area contributed by atoms with Crippen LogP contribution >= 0.6 is 23.4 Å². The first kappa shape index (κ1) is 27.5. The maximum atomic E-state index is 6.45. The number of pyridine rings is 1. The Balaban J connectivity index is 0.000000362. The number of nitrogens with one attached hydrogen (secondary N) is 2. The van der Waals surface area contributed by atoms with Crippen LogP contribution in [0.3, 0.4) is 0 Å². The molecule has 3 heterocycles. The van der Waals surface area contributed by atoms with Crippen LogP contribution in [0.25, 0.3) is 16.6 Å². The molecule has 2 N–H and O–H groups in total. The van der Waals surface area contributed by atoms with E-state index >= 15 is 0 Å². The van der Waals surface area contributed by atoms with Crippen molar-refractivity contribution in [1.29, 1.82) is 0 Å². The van der Waals surface area contributed by atoms with Crippen molar-refractivity contribution >= 4 is 40.0 Å². The van der Waals surface area contributed by atoms with Gasteiger partial charge in [0.2, 0.25) is 0 Å². The van der Waals surface area contributed by atoms with Crippen LogP contribution < -0.4 is 20.1 Å². The fourth-order valence-corrected chi connectivity index (χ4v) is 4.48. The van der Waals surface area contributed by atoms with E-state index in [2.05, 4.69) is 41.8 Å². The Kier molecular flexibility index (Phi) is 11.6. The molecule has 4 rings (SSSR count). The molecule has 2 aromatic rings. The minimum atomic E-state index is 0.129. The van der Waals surface area contributed by atoms with E-state index in [0.717, 1.165) is 48.8 Å². The summed E-state index contributed by atoms with van der Waals surface area (Å²) in [7, 11) is 5.35. The van der Waals surface area contributed by atoms with Gasteiger partial charge < -0.3 is 24.4 Å². The molecule has 2 aliphatic rings. The van der Waals surface area contributed by atoms with Crippen LogP contribution in [0.4, 0.5) is 0 Å². The average molecular weight is 497 g/mol. The lowest BCUT2D eigenvalue weighted by atomic mass is 10.1. The second-order valence-corrected chi connectivity index (χ2v) is 8.97. The first-order valence-electron chi connectivity index (χ1n) is 11.3. The van der Waals surface area contributed by atoms with Gasteiger partial charge in [-0.3, -0.25) is 5.32 Å². The summed E-state index contributed by atoms with van der Waals surface area (Å²) in [5.41, 5.74) is 2.52. The van der Waals surface area contributed by atoms with Crippen LogP contribution in [0.5, 0.6) is 11.5 Å². The number of hydrogen-bond donors (Lipinski definition) is 2. The van der Waals surface area contributed by atoms with Crippen molar-refractivity contribution in [1.82, 2.24) is 20.5 Å². The Morgan fingerprint density at radius 2 is 1.85 bits per heavy atom. The number of hydrogen-bond acceptors (Lipinski definition) is 8. The summed E-state index contributed by atoms with van der Waals surface area (Å²) < 4.78 is 15.9. The Bertz CT molecular complexity index is 920. The summed E-state index contributed by atoms with van der Waals surface area (Å²) in [5.74, 6) is 1.32. The molecule has 0 bridgehead atoms. The number of halogens is 1. The van der Waals surface area contributed by atoms with Gasteiger partial charge in [0.25, 0.3) is 0 Å². The Labute approximate surface area is 207 Å². The quantitative estimate of drug-likeness (QED) is 0.612. The summed E-state index contributed by atoms with van der Waals surface area (Å²) in [6.45, 7) is 12.3. The van der Waals surface area contributed by atoms with Crippen LogP contribution in [0.15, 0.2) is 23.6 Å². The van der Waals surface area contributed by atoms with Gasteiger partial charge in [0.1, 0.15) is 22.0 Å². The van der Waals surface area contributed by atoms with Crippen LogP contribution in [0.2, 0.25) is 5.02 Å². The van der Waals surface area contributed by atoms with Gasteiger partial charge in [-0.25, -0.2) is 4.98 Å². The molecule has 33 heavy (non-hydrogen) atoms. The molecule has 0 amide bonds. The normalized spacial score (nSPS) is 18.0. The number of ether oxygens (including phenoxy) is 3. The number of fused-ring (bicyclic) bond motifs is 1. The summed E-state index contributed by atoms with van der Waals surface area (Å²) in [6.07, 6.45) is 0. The number of likely N-dealkylation sites (N-methyl/N-ethyl adjacent to an activating group) is 1. The number of thioether (sulfide) groups is 1. The van der Waals surface area contributed by atoms with E-state index in [9.17, 15) is 0 Å².